The number of halogens is 1. The van der Waals surface area contributed by atoms with Crippen LogP contribution in [0.3, 0.4) is 0 Å². The van der Waals surface area contributed by atoms with Gasteiger partial charge in [0.15, 0.2) is 15.4 Å². The van der Waals surface area contributed by atoms with Crippen LogP contribution in [0.4, 0.5) is 4.39 Å². The molecule has 0 radical (unpaired) electrons. The smallest absolute Gasteiger partial charge is 0.408 e. The maximum absolute atomic E-state index is 13.9. The van der Waals surface area contributed by atoms with Crippen LogP contribution in [0.5, 0.6) is 0 Å². The highest BCUT2D eigenvalue weighted by Gasteiger charge is 2.58. The van der Waals surface area contributed by atoms with Crippen molar-refractivity contribution in [3.05, 3.63) is 116 Å². The first-order chi connectivity index (χ1) is 22.6. The van der Waals surface area contributed by atoms with E-state index in [1.165, 1.54) is 22.9 Å². The highest BCUT2D eigenvalue weighted by Crippen LogP contribution is 2.58. The first-order valence-corrected chi connectivity index (χ1v) is 16.4. The molecular formula is C33H23FN6O6S. The Labute approximate surface area is 265 Å². The van der Waals surface area contributed by atoms with E-state index in [9.17, 15) is 22.4 Å². The molecule has 234 valence electrons. The van der Waals surface area contributed by atoms with Gasteiger partial charge >= 0.3 is 11.5 Å². The summed E-state index contributed by atoms with van der Waals surface area (Å²) >= 11 is 0. The second-order valence-corrected chi connectivity index (χ2v) is 13.8. The number of aromatic nitrogens is 5. The topological polar surface area (TPSA) is 178 Å². The van der Waals surface area contributed by atoms with Gasteiger partial charge in [0.05, 0.1) is 50.9 Å². The summed E-state index contributed by atoms with van der Waals surface area (Å²) in [5.74, 6) is -2.06. The van der Waals surface area contributed by atoms with Crippen molar-refractivity contribution >= 4 is 20.9 Å². The number of aryl methyl sites for hydroxylation is 2. The second kappa shape index (κ2) is 10.4. The third-order valence-corrected chi connectivity index (χ3v) is 10.8. The van der Waals surface area contributed by atoms with Gasteiger partial charge in [-0.1, -0.05) is 18.2 Å². The molecule has 1 fully saturated rings. The molecule has 5 heterocycles. The number of nitrogens with zero attached hydrogens (tertiary/aromatic N) is 5. The molecule has 6 aromatic rings. The summed E-state index contributed by atoms with van der Waals surface area (Å²) in [4.78, 5) is 34.4. The van der Waals surface area contributed by atoms with E-state index in [1.54, 1.807) is 42.5 Å². The number of H-pyrrole nitrogens is 1. The van der Waals surface area contributed by atoms with Crippen molar-refractivity contribution in [2.24, 2.45) is 0 Å². The Balaban J connectivity index is 1.32. The van der Waals surface area contributed by atoms with Crippen LogP contribution in [0.15, 0.2) is 84.1 Å². The predicted molar refractivity (Wildman–Crippen MR) is 165 cm³/mol. The monoisotopic (exact) mass is 650 g/mol. The first kappa shape index (κ1) is 28.8. The van der Waals surface area contributed by atoms with Crippen LogP contribution in [0.1, 0.15) is 41.1 Å². The molecule has 0 atom stereocenters. The van der Waals surface area contributed by atoms with Crippen LogP contribution in [-0.2, 0) is 34.6 Å². The average molecular weight is 651 g/mol. The molecule has 0 amide bonds. The Hall–Kier alpha value is -5.68. The van der Waals surface area contributed by atoms with Crippen LogP contribution in [0, 0.1) is 17.1 Å². The van der Waals surface area contributed by atoms with Gasteiger partial charge in [0.1, 0.15) is 11.9 Å². The van der Waals surface area contributed by atoms with Gasteiger partial charge in [-0.2, -0.15) is 5.26 Å². The van der Waals surface area contributed by atoms with E-state index in [4.69, 9.17) is 19.1 Å². The predicted octanol–water partition coefficient (Wildman–Crippen LogP) is 4.06. The zero-order valence-electron chi connectivity index (χ0n) is 24.5. The van der Waals surface area contributed by atoms with E-state index >= 15 is 0 Å². The first-order valence-electron chi connectivity index (χ1n) is 14.7. The fourth-order valence-electron chi connectivity index (χ4n) is 6.37. The molecule has 4 aromatic heterocycles. The minimum absolute atomic E-state index is 0.0455. The van der Waals surface area contributed by atoms with Crippen LogP contribution in [-0.4, -0.2) is 38.9 Å². The Morgan fingerprint density at radius 1 is 1.02 bits per heavy atom. The minimum atomic E-state index is -3.84. The number of nitrogens with one attached hydrogen (secondary N) is 1. The molecule has 0 bridgehead atoms. The maximum Gasteiger partial charge on any atom is 0.434 e. The van der Waals surface area contributed by atoms with Crippen molar-refractivity contribution in [3.8, 4) is 28.7 Å². The lowest BCUT2D eigenvalue weighted by Gasteiger charge is -2.17. The highest BCUT2D eigenvalue weighted by atomic mass is 32.2. The molecular weight excluding hydrogens is 627 g/mol. The zero-order valence-corrected chi connectivity index (χ0v) is 25.3. The fraction of sp³-hybridized carbons (Fsp3) is 0.212. The normalized spacial score (nSPS) is 15.6. The molecule has 0 unspecified atom stereocenters. The molecule has 0 saturated heterocycles. The molecule has 1 N–H and O–H groups in total. The van der Waals surface area contributed by atoms with Crippen LogP contribution < -0.4 is 11.5 Å². The summed E-state index contributed by atoms with van der Waals surface area (Å²) in [5, 5.41) is 15.4. The summed E-state index contributed by atoms with van der Waals surface area (Å²) < 4.78 is 53.8. The summed E-state index contributed by atoms with van der Waals surface area (Å²) in [7, 11) is -3.84. The van der Waals surface area contributed by atoms with Crippen molar-refractivity contribution < 1.29 is 21.6 Å². The third kappa shape index (κ3) is 4.86. The van der Waals surface area contributed by atoms with E-state index in [0.29, 0.717) is 59.4 Å². The summed E-state index contributed by atoms with van der Waals surface area (Å²) in [6.45, 7) is 0.0790. The summed E-state index contributed by atoms with van der Waals surface area (Å²) in [6, 6.07) is 16.2. The van der Waals surface area contributed by atoms with Crippen LogP contribution in [0.2, 0.25) is 0 Å². The van der Waals surface area contributed by atoms with Gasteiger partial charge in [0.25, 0.3) is 5.89 Å². The van der Waals surface area contributed by atoms with Crippen LogP contribution >= 0.6 is 0 Å². The number of rotatable bonds is 7. The van der Waals surface area contributed by atoms with E-state index in [-0.39, 0.29) is 45.6 Å². The van der Waals surface area contributed by atoms with Gasteiger partial charge in [-0.05, 0) is 73.2 Å². The number of oxazole rings is 1. The molecule has 1 aliphatic carbocycles. The van der Waals surface area contributed by atoms with E-state index in [1.807, 2.05) is 6.07 Å². The minimum Gasteiger partial charge on any atom is -0.408 e. The summed E-state index contributed by atoms with van der Waals surface area (Å²) in [5.41, 5.74) is 3.62. The number of fused-ring (bicyclic) bond motifs is 3. The largest absolute Gasteiger partial charge is 0.434 e. The van der Waals surface area contributed by atoms with Crippen molar-refractivity contribution in [3.63, 3.8) is 0 Å². The molecule has 8 rings (SSSR count). The van der Waals surface area contributed by atoms with Crippen LogP contribution in [0.25, 0.3) is 33.7 Å². The van der Waals surface area contributed by atoms with Gasteiger partial charge in [0.2, 0.25) is 0 Å². The molecule has 1 spiro atoms. The number of hydrogen-bond acceptors (Lipinski definition) is 10. The van der Waals surface area contributed by atoms with Gasteiger partial charge in [0, 0.05) is 17.2 Å². The molecule has 12 nitrogen and oxygen atoms in total. The van der Waals surface area contributed by atoms with Gasteiger partial charge in [-0.3, -0.25) is 14.5 Å². The van der Waals surface area contributed by atoms with Gasteiger partial charge < -0.3 is 8.83 Å². The number of pyridine rings is 2. The maximum atomic E-state index is 13.9. The Kier molecular flexibility index (Phi) is 6.38. The Morgan fingerprint density at radius 2 is 1.83 bits per heavy atom. The van der Waals surface area contributed by atoms with Gasteiger partial charge in [-0.25, -0.2) is 27.5 Å². The molecule has 1 saturated carbocycles. The van der Waals surface area contributed by atoms with Crippen molar-refractivity contribution in [1.29, 1.82) is 5.26 Å². The van der Waals surface area contributed by atoms with E-state index in [2.05, 4.69) is 15.2 Å². The molecule has 2 aliphatic rings. The average Bonchev–Trinajstić information content (AvgIpc) is 3.49. The van der Waals surface area contributed by atoms with E-state index in [0.717, 1.165) is 5.56 Å². The molecule has 47 heavy (non-hydrogen) atoms. The Morgan fingerprint density at radius 3 is 2.51 bits per heavy atom. The quantitative estimate of drug-likeness (QED) is 0.265. The number of nitriles is 1. The van der Waals surface area contributed by atoms with Crippen molar-refractivity contribution in [1.82, 2.24) is 24.7 Å². The lowest BCUT2D eigenvalue weighted by atomic mass is 9.92. The fourth-order valence-corrected chi connectivity index (χ4v) is 8.76. The lowest BCUT2D eigenvalue weighted by molar-refractivity contribution is 0.516. The summed E-state index contributed by atoms with van der Waals surface area (Å²) in [6.07, 6.45) is 3.49. The number of sulfone groups is 1. The second-order valence-electron chi connectivity index (χ2n) is 11.9. The van der Waals surface area contributed by atoms with Crippen molar-refractivity contribution in [2.75, 3.05) is 5.75 Å². The highest BCUT2D eigenvalue weighted by molar-refractivity contribution is 7.92. The lowest BCUT2D eigenvalue weighted by Crippen LogP contribution is -2.15. The van der Waals surface area contributed by atoms with E-state index < -0.39 is 26.8 Å². The van der Waals surface area contributed by atoms with Gasteiger partial charge in [-0.15, -0.1) is 5.10 Å². The number of hydrogen-bond donors (Lipinski definition) is 1. The molecule has 14 heteroatoms. The number of benzene rings is 2. The SMILES string of the molecule is N#Cc1ccc(Cn2c(=O)oc3cc(-c4c(-c5n[nH]c(=O)o5)c(CCc5ccc(F)cc5)nc5c4S(=O)(=O)CC54CC4)ccc32)nc1. The standard InChI is InChI=1S/C33H23FN6O6S/c34-21-6-1-18(2-7-21)4-9-23-27(30-38-39-31(41)46-30)26(28-29(37-23)33(11-12-33)17-47(28,43)44)20-5-10-24-25(13-20)45-32(42)40(24)16-22-8-3-19(14-35)15-36-22/h1-3,5-8,10,13,15H,4,9,11-12,16-17H2,(H,39,41). The van der Waals surface area contributed by atoms with Crippen molar-refractivity contribution in [2.45, 2.75) is 42.5 Å². The third-order valence-electron chi connectivity index (χ3n) is 8.81. The zero-order chi connectivity index (χ0) is 32.5. The Bertz CT molecular complexity index is 2500. The molecule has 1 aliphatic heterocycles. The molecule has 2 aromatic carbocycles. The number of aromatic amines is 1.